The molecule has 2 heterocycles. The van der Waals surface area contributed by atoms with Gasteiger partial charge in [-0.25, -0.2) is 4.98 Å². The molecule has 0 spiro atoms. The van der Waals surface area contributed by atoms with E-state index in [2.05, 4.69) is 25.6 Å². The van der Waals surface area contributed by atoms with Gasteiger partial charge in [0.1, 0.15) is 23.5 Å². The molecule has 9 nitrogen and oxygen atoms in total. The Morgan fingerprint density at radius 3 is 2.55 bits per heavy atom. The molecule has 0 fully saturated rings. The highest BCUT2D eigenvalue weighted by Gasteiger charge is 2.35. The van der Waals surface area contributed by atoms with Gasteiger partial charge in [-0.2, -0.15) is 18.2 Å². The molecule has 3 aromatic carbocycles. The lowest BCUT2D eigenvalue weighted by molar-refractivity contribution is -0.137. The van der Waals surface area contributed by atoms with Crippen molar-refractivity contribution in [2.75, 3.05) is 17.7 Å². The third-order valence-electron chi connectivity index (χ3n) is 5.47. The molecule has 3 N–H and O–H groups in total. The van der Waals surface area contributed by atoms with Crippen LogP contribution in [0.25, 0.3) is 22.1 Å². The molecular formula is C25H17ClF3N5O4. The largest absolute Gasteiger partial charge is 0.423 e. The highest BCUT2D eigenvalue weighted by molar-refractivity contribution is 6.31. The van der Waals surface area contributed by atoms with Crippen LogP contribution in [-0.2, 0) is 17.5 Å². The Labute approximate surface area is 217 Å². The van der Waals surface area contributed by atoms with Crippen molar-refractivity contribution in [3.63, 3.8) is 0 Å². The van der Waals surface area contributed by atoms with E-state index < -0.39 is 29.1 Å². The number of H-pyrrole nitrogens is 1. The molecule has 2 aromatic heterocycles. The van der Waals surface area contributed by atoms with Crippen molar-refractivity contribution in [3.05, 3.63) is 82.1 Å². The van der Waals surface area contributed by atoms with Crippen molar-refractivity contribution >= 4 is 57.3 Å². The van der Waals surface area contributed by atoms with Gasteiger partial charge in [0, 0.05) is 23.9 Å². The summed E-state index contributed by atoms with van der Waals surface area (Å²) in [4.78, 5) is 37.6. The van der Waals surface area contributed by atoms with Crippen LogP contribution < -0.4 is 10.6 Å². The number of carbonyl (C=O) groups is 2. The van der Waals surface area contributed by atoms with E-state index in [0.717, 1.165) is 12.1 Å². The number of alkyl halides is 3. The zero-order valence-corrected chi connectivity index (χ0v) is 20.2. The second-order valence-electron chi connectivity index (χ2n) is 8.12. The number of aromatic nitrogens is 3. The predicted octanol–water partition coefficient (Wildman–Crippen LogP) is 6.03. The highest BCUT2D eigenvalue weighted by Crippen LogP contribution is 2.33. The molecule has 194 valence electrons. The Kier molecular flexibility index (Phi) is 6.51. The summed E-state index contributed by atoms with van der Waals surface area (Å²) in [6, 6.07) is 11.8. The summed E-state index contributed by atoms with van der Waals surface area (Å²) in [5, 5.41) is 5.40. The number of amides is 2. The first-order valence-electron chi connectivity index (χ1n) is 11.0. The summed E-state index contributed by atoms with van der Waals surface area (Å²) >= 11 is 5.97. The van der Waals surface area contributed by atoms with Crippen LogP contribution in [0.3, 0.4) is 0 Å². The fourth-order valence-electron chi connectivity index (χ4n) is 3.86. The number of rotatable bonds is 6. The lowest BCUT2D eigenvalue weighted by Crippen LogP contribution is -2.19. The Balaban J connectivity index is 1.51. The summed E-state index contributed by atoms with van der Waals surface area (Å²) < 4.78 is 50.9. The van der Waals surface area contributed by atoms with E-state index in [-0.39, 0.29) is 29.4 Å². The molecule has 0 aliphatic rings. The van der Waals surface area contributed by atoms with Crippen LogP contribution in [0.4, 0.5) is 24.9 Å². The third-order valence-corrected chi connectivity index (χ3v) is 5.70. The smallest absolute Gasteiger partial charge is 0.417 e. The number of hydrogen-bond acceptors (Lipinski definition) is 6. The third kappa shape index (κ3) is 5.04. The quantitative estimate of drug-likeness (QED) is 0.240. The first-order valence-corrected chi connectivity index (χ1v) is 11.4. The maximum Gasteiger partial charge on any atom is 0.417 e. The number of methoxy groups -OCH3 is 1. The molecule has 13 heteroatoms. The standard InChI is InChI=1S/C25H17ClF3N5O4/c1-37-11-20-31-18-10-13(30-22(35)14-4-2-3-5-16(14)25(27,28)29)9-15(21(18)33-20)23(36)34-24-32-17-7-6-12(26)8-19(17)38-24/h2-10H,11H2,1H3,(H,30,35)(H,31,33)(H,32,34,36). The first-order chi connectivity index (χ1) is 18.1. The summed E-state index contributed by atoms with van der Waals surface area (Å²) in [6.45, 7) is 0.0995. The van der Waals surface area contributed by atoms with Crippen LogP contribution in [0, 0.1) is 0 Å². The molecule has 0 radical (unpaired) electrons. The molecule has 0 saturated carbocycles. The molecule has 0 aliphatic heterocycles. The average molecular weight is 544 g/mol. The van der Waals surface area contributed by atoms with Gasteiger partial charge in [-0.05, 0) is 36.4 Å². The van der Waals surface area contributed by atoms with E-state index in [1.54, 1.807) is 12.1 Å². The monoisotopic (exact) mass is 543 g/mol. The van der Waals surface area contributed by atoms with Crippen molar-refractivity contribution in [3.8, 4) is 0 Å². The van der Waals surface area contributed by atoms with Gasteiger partial charge >= 0.3 is 12.2 Å². The van der Waals surface area contributed by atoms with Crippen LogP contribution in [-0.4, -0.2) is 33.9 Å². The molecule has 38 heavy (non-hydrogen) atoms. The van der Waals surface area contributed by atoms with Crippen molar-refractivity contribution in [1.29, 1.82) is 0 Å². The maximum absolute atomic E-state index is 13.4. The van der Waals surface area contributed by atoms with Gasteiger partial charge in [-0.15, -0.1) is 0 Å². The maximum atomic E-state index is 13.4. The number of halogens is 4. The van der Waals surface area contributed by atoms with Crippen molar-refractivity contribution in [2.45, 2.75) is 12.8 Å². The summed E-state index contributed by atoms with van der Waals surface area (Å²) in [6.07, 6.45) is -4.73. The first kappa shape index (κ1) is 25.2. The Morgan fingerprint density at radius 2 is 1.79 bits per heavy atom. The Morgan fingerprint density at radius 1 is 1.03 bits per heavy atom. The fraction of sp³-hybridized carbons (Fsp3) is 0.120. The fourth-order valence-corrected chi connectivity index (χ4v) is 4.02. The van der Waals surface area contributed by atoms with Gasteiger partial charge in [0.05, 0.1) is 22.2 Å². The number of oxazole rings is 1. The predicted molar refractivity (Wildman–Crippen MR) is 133 cm³/mol. The molecule has 0 atom stereocenters. The van der Waals surface area contributed by atoms with E-state index in [0.29, 0.717) is 27.5 Å². The molecule has 2 amide bonds. The minimum absolute atomic E-state index is 0.000739. The number of nitrogens with one attached hydrogen (secondary N) is 3. The second kappa shape index (κ2) is 9.80. The second-order valence-corrected chi connectivity index (χ2v) is 8.56. The van der Waals surface area contributed by atoms with Crippen LogP contribution in [0.2, 0.25) is 5.02 Å². The molecule has 5 rings (SSSR count). The summed E-state index contributed by atoms with van der Waals surface area (Å²) in [5.74, 6) is -1.30. The number of anilines is 2. The number of fused-ring (bicyclic) bond motifs is 2. The Bertz CT molecular complexity index is 1700. The number of hydrogen-bond donors (Lipinski definition) is 3. The lowest BCUT2D eigenvalue weighted by Gasteiger charge is -2.13. The van der Waals surface area contributed by atoms with Crippen molar-refractivity contribution in [1.82, 2.24) is 15.0 Å². The van der Waals surface area contributed by atoms with E-state index >= 15 is 0 Å². The molecule has 0 bridgehead atoms. The molecule has 0 unspecified atom stereocenters. The van der Waals surface area contributed by atoms with Crippen molar-refractivity contribution < 1.29 is 31.9 Å². The van der Waals surface area contributed by atoms with Gasteiger partial charge in [0.2, 0.25) is 0 Å². The topological polar surface area (TPSA) is 122 Å². The average Bonchev–Trinajstić information content (AvgIpc) is 3.45. The summed E-state index contributed by atoms with van der Waals surface area (Å²) in [7, 11) is 1.46. The van der Waals surface area contributed by atoms with E-state index in [1.165, 1.54) is 37.4 Å². The number of benzene rings is 3. The number of carbonyl (C=O) groups excluding carboxylic acids is 2. The normalized spacial score (nSPS) is 11.7. The zero-order chi connectivity index (χ0) is 27.0. The van der Waals surface area contributed by atoms with Gasteiger partial charge < -0.3 is 19.5 Å². The number of imidazole rings is 1. The highest BCUT2D eigenvalue weighted by atomic mass is 35.5. The lowest BCUT2D eigenvalue weighted by atomic mass is 10.1. The van der Waals surface area contributed by atoms with Gasteiger partial charge in [-0.1, -0.05) is 23.7 Å². The minimum atomic E-state index is -4.73. The van der Waals surface area contributed by atoms with Crippen molar-refractivity contribution in [2.24, 2.45) is 0 Å². The molecule has 0 saturated heterocycles. The number of nitrogens with zero attached hydrogens (tertiary/aromatic N) is 2. The summed E-state index contributed by atoms with van der Waals surface area (Å²) in [5.41, 5.74) is -0.207. The van der Waals surface area contributed by atoms with Crippen LogP contribution >= 0.6 is 11.6 Å². The number of ether oxygens (including phenoxy) is 1. The molecular weight excluding hydrogens is 527 g/mol. The van der Waals surface area contributed by atoms with Gasteiger partial charge in [0.15, 0.2) is 5.58 Å². The van der Waals surface area contributed by atoms with E-state index in [9.17, 15) is 22.8 Å². The SMILES string of the molecule is COCc1nc2c(C(=O)Nc3nc4ccc(Cl)cc4o3)cc(NC(=O)c3ccccc3C(F)(F)F)cc2[nH]1. The number of aromatic amines is 1. The van der Waals surface area contributed by atoms with Crippen LogP contribution in [0.5, 0.6) is 0 Å². The minimum Gasteiger partial charge on any atom is -0.423 e. The van der Waals surface area contributed by atoms with E-state index in [1.807, 2.05) is 0 Å². The zero-order valence-electron chi connectivity index (χ0n) is 19.4. The molecule has 0 aliphatic carbocycles. The Hall–Kier alpha value is -4.42. The van der Waals surface area contributed by atoms with Crippen LogP contribution in [0.1, 0.15) is 32.1 Å². The molecule has 5 aromatic rings. The van der Waals surface area contributed by atoms with Gasteiger partial charge in [0.25, 0.3) is 11.8 Å². The van der Waals surface area contributed by atoms with Gasteiger partial charge in [-0.3, -0.25) is 14.9 Å². The van der Waals surface area contributed by atoms with E-state index in [4.69, 9.17) is 20.8 Å². The van der Waals surface area contributed by atoms with Crippen LogP contribution in [0.15, 0.2) is 59.0 Å².